The maximum Gasteiger partial charge on any atom is 0.342 e. The molecule has 1 aromatic heterocycles. The van der Waals surface area contributed by atoms with Gasteiger partial charge in [0.1, 0.15) is 17.1 Å². The van der Waals surface area contributed by atoms with Crippen LogP contribution in [0.3, 0.4) is 0 Å². The predicted molar refractivity (Wildman–Crippen MR) is 120 cm³/mol. The quantitative estimate of drug-likeness (QED) is 0.623. The third kappa shape index (κ3) is 5.02. The third-order valence-corrected chi connectivity index (χ3v) is 5.61. The molecule has 3 rings (SSSR count). The number of amides is 2. The second-order valence-corrected chi connectivity index (χ2v) is 8.43. The van der Waals surface area contributed by atoms with Crippen molar-refractivity contribution in [3.63, 3.8) is 0 Å². The fourth-order valence-corrected chi connectivity index (χ4v) is 4.28. The van der Waals surface area contributed by atoms with Gasteiger partial charge in [-0.3, -0.25) is 9.59 Å². The lowest BCUT2D eigenvalue weighted by Gasteiger charge is -2.40. The topological polar surface area (TPSA) is 92.7 Å². The Morgan fingerprint density at radius 1 is 1.06 bits per heavy atom. The van der Waals surface area contributed by atoms with Crippen molar-refractivity contribution in [3.8, 4) is 0 Å². The molecule has 2 aromatic rings. The molecule has 1 aliphatic rings. The highest BCUT2D eigenvalue weighted by Crippen LogP contribution is 2.23. The van der Waals surface area contributed by atoms with E-state index in [1.54, 1.807) is 48.8 Å². The van der Waals surface area contributed by atoms with E-state index < -0.39 is 11.9 Å². The van der Waals surface area contributed by atoms with Crippen LogP contribution in [0.5, 0.6) is 0 Å². The average molecular weight is 479 g/mol. The van der Waals surface area contributed by atoms with E-state index in [9.17, 15) is 14.4 Å². The van der Waals surface area contributed by atoms with Crippen LogP contribution in [0.1, 0.15) is 56.6 Å². The number of hydrogen-bond donors (Lipinski definition) is 0. The number of hydrogen-bond acceptors (Lipinski definition) is 6. The van der Waals surface area contributed by atoms with Crippen LogP contribution in [0.2, 0.25) is 10.0 Å². The van der Waals surface area contributed by atoms with Crippen molar-refractivity contribution >= 4 is 41.0 Å². The van der Waals surface area contributed by atoms with E-state index in [4.69, 9.17) is 27.9 Å². The van der Waals surface area contributed by atoms with E-state index >= 15 is 0 Å². The molecular weight excluding hydrogens is 455 g/mol. The molecule has 8 nitrogen and oxygen atoms in total. The third-order valence-electron chi connectivity index (χ3n) is 5.17. The van der Waals surface area contributed by atoms with Crippen LogP contribution in [-0.4, -0.2) is 69.8 Å². The molecule has 2 heterocycles. The van der Waals surface area contributed by atoms with Crippen LogP contribution in [-0.2, 0) is 4.74 Å². The number of halogens is 2. The van der Waals surface area contributed by atoms with E-state index in [0.717, 1.165) is 0 Å². The van der Waals surface area contributed by atoms with Crippen molar-refractivity contribution in [2.45, 2.75) is 33.7 Å². The van der Waals surface area contributed by atoms with Crippen LogP contribution in [0.25, 0.3) is 0 Å². The van der Waals surface area contributed by atoms with Crippen LogP contribution < -0.4 is 0 Å². The average Bonchev–Trinajstić information content (AvgIpc) is 2.71. The second-order valence-electron chi connectivity index (χ2n) is 7.56. The minimum atomic E-state index is -0.631. The molecule has 0 aliphatic carbocycles. The van der Waals surface area contributed by atoms with Gasteiger partial charge in [-0.1, -0.05) is 23.2 Å². The summed E-state index contributed by atoms with van der Waals surface area (Å²) in [7, 11) is 0. The summed E-state index contributed by atoms with van der Waals surface area (Å²) in [6, 6.07) is 4.43. The Morgan fingerprint density at radius 2 is 1.72 bits per heavy atom. The fraction of sp³-hybridized carbons (Fsp3) is 0.409. The highest BCUT2D eigenvalue weighted by atomic mass is 35.5. The second kappa shape index (κ2) is 9.83. The zero-order valence-corrected chi connectivity index (χ0v) is 19.8. The summed E-state index contributed by atoms with van der Waals surface area (Å²) in [5, 5.41) is 0.756. The lowest BCUT2D eigenvalue weighted by Crippen LogP contribution is -2.55. The van der Waals surface area contributed by atoms with E-state index in [2.05, 4.69) is 9.97 Å². The number of aromatic nitrogens is 2. The van der Waals surface area contributed by atoms with Gasteiger partial charge in [-0.05, 0) is 45.9 Å². The van der Waals surface area contributed by atoms with Gasteiger partial charge in [0.15, 0.2) is 0 Å². The van der Waals surface area contributed by atoms with Gasteiger partial charge in [0.2, 0.25) is 0 Å². The number of rotatable bonds is 4. The number of esters is 1. The summed E-state index contributed by atoms with van der Waals surface area (Å²) in [5.74, 6) is -0.854. The Balaban J connectivity index is 1.82. The maximum absolute atomic E-state index is 13.3. The van der Waals surface area contributed by atoms with Crippen LogP contribution in [0.15, 0.2) is 18.2 Å². The lowest BCUT2D eigenvalue weighted by atomic mass is 10.1. The standard InChI is InChI=1S/C22H24Cl2N4O4/c1-5-32-22(31)18-13(3)25-14(4)26-19(18)21(30)27-6-7-28(12(2)11-27)20(29)15-8-16(23)10-17(24)9-15/h8-10,12H,5-7,11H2,1-4H3. The molecule has 1 atom stereocenters. The van der Waals surface area contributed by atoms with Crippen LogP contribution in [0, 0.1) is 13.8 Å². The summed E-state index contributed by atoms with van der Waals surface area (Å²) < 4.78 is 5.10. The molecule has 1 aromatic carbocycles. The zero-order valence-electron chi connectivity index (χ0n) is 18.3. The van der Waals surface area contributed by atoms with Gasteiger partial charge in [-0.25, -0.2) is 14.8 Å². The smallest absolute Gasteiger partial charge is 0.342 e. The van der Waals surface area contributed by atoms with Crippen molar-refractivity contribution in [3.05, 3.63) is 56.6 Å². The minimum Gasteiger partial charge on any atom is -0.462 e. The van der Waals surface area contributed by atoms with Gasteiger partial charge >= 0.3 is 5.97 Å². The molecule has 0 saturated carbocycles. The fourth-order valence-electron chi connectivity index (χ4n) is 3.75. The van der Waals surface area contributed by atoms with Gasteiger partial charge in [-0.15, -0.1) is 0 Å². The summed E-state index contributed by atoms with van der Waals surface area (Å²) in [4.78, 5) is 50.5. The molecule has 10 heteroatoms. The number of carbonyl (C=O) groups is 3. The van der Waals surface area contributed by atoms with E-state index in [-0.39, 0.29) is 42.9 Å². The largest absolute Gasteiger partial charge is 0.462 e. The first kappa shape index (κ1) is 23.9. The Hall–Kier alpha value is -2.71. The molecule has 2 amide bonds. The van der Waals surface area contributed by atoms with Gasteiger partial charge < -0.3 is 14.5 Å². The maximum atomic E-state index is 13.3. The number of piperazine rings is 1. The Kier molecular flexibility index (Phi) is 7.36. The molecule has 0 bridgehead atoms. The highest BCUT2D eigenvalue weighted by Gasteiger charge is 2.34. The SMILES string of the molecule is CCOC(=O)c1c(C)nc(C)nc1C(=O)N1CCN(C(=O)c2cc(Cl)cc(Cl)c2)C(C)C1. The number of nitrogens with zero attached hydrogens (tertiary/aromatic N) is 4. The molecule has 170 valence electrons. The van der Waals surface area contributed by atoms with Crippen molar-refractivity contribution in [1.29, 1.82) is 0 Å². The molecule has 0 radical (unpaired) electrons. The molecule has 0 N–H and O–H groups in total. The summed E-state index contributed by atoms with van der Waals surface area (Å²) in [6.45, 7) is 7.90. The van der Waals surface area contributed by atoms with Gasteiger partial charge in [0.05, 0.1) is 12.3 Å². The Labute approximate surface area is 196 Å². The molecule has 1 fully saturated rings. The number of carbonyl (C=O) groups excluding carboxylic acids is 3. The summed E-state index contributed by atoms with van der Waals surface area (Å²) >= 11 is 12.1. The van der Waals surface area contributed by atoms with Crippen LogP contribution >= 0.6 is 23.2 Å². The van der Waals surface area contributed by atoms with Crippen molar-refractivity contribution in [1.82, 2.24) is 19.8 Å². The Morgan fingerprint density at radius 3 is 2.31 bits per heavy atom. The van der Waals surface area contributed by atoms with Crippen molar-refractivity contribution in [2.75, 3.05) is 26.2 Å². The molecule has 1 saturated heterocycles. The van der Waals surface area contributed by atoms with E-state index in [1.165, 1.54) is 0 Å². The zero-order chi connectivity index (χ0) is 23.6. The monoisotopic (exact) mass is 478 g/mol. The van der Waals surface area contributed by atoms with Crippen molar-refractivity contribution in [2.24, 2.45) is 0 Å². The lowest BCUT2D eigenvalue weighted by molar-refractivity contribution is 0.0406. The Bertz CT molecular complexity index is 1060. The number of ether oxygens (including phenoxy) is 1. The molecule has 32 heavy (non-hydrogen) atoms. The molecule has 0 spiro atoms. The number of benzene rings is 1. The first-order chi connectivity index (χ1) is 15.1. The van der Waals surface area contributed by atoms with Gasteiger partial charge in [0.25, 0.3) is 11.8 Å². The highest BCUT2D eigenvalue weighted by molar-refractivity contribution is 6.35. The normalized spacial score (nSPS) is 16.1. The number of aryl methyl sites for hydroxylation is 2. The van der Waals surface area contributed by atoms with Crippen LogP contribution in [0.4, 0.5) is 0 Å². The van der Waals surface area contributed by atoms with E-state index in [0.29, 0.717) is 33.7 Å². The molecular formula is C22H24Cl2N4O4. The van der Waals surface area contributed by atoms with Crippen molar-refractivity contribution < 1.29 is 19.1 Å². The van der Waals surface area contributed by atoms with Gasteiger partial charge in [0, 0.05) is 41.3 Å². The summed E-state index contributed by atoms with van der Waals surface area (Å²) in [5.41, 5.74) is 0.865. The van der Waals surface area contributed by atoms with Gasteiger partial charge in [-0.2, -0.15) is 0 Å². The first-order valence-corrected chi connectivity index (χ1v) is 11.0. The van der Waals surface area contributed by atoms with E-state index in [1.807, 2.05) is 6.92 Å². The predicted octanol–water partition coefficient (Wildman–Crippen LogP) is 3.56. The first-order valence-electron chi connectivity index (χ1n) is 10.2. The molecule has 1 aliphatic heterocycles. The molecule has 1 unspecified atom stereocenters. The summed E-state index contributed by atoms with van der Waals surface area (Å²) in [6.07, 6.45) is 0. The minimum absolute atomic E-state index is 0.0158.